The molecular weight excluding hydrogens is 416 g/mol. The van der Waals surface area contributed by atoms with Crippen molar-refractivity contribution in [2.75, 3.05) is 6.73 Å². The van der Waals surface area contributed by atoms with Crippen molar-refractivity contribution >= 4 is 17.8 Å². The van der Waals surface area contributed by atoms with E-state index in [2.05, 4.69) is 15.5 Å². The maximum atomic E-state index is 13.4. The Morgan fingerprint density at radius 1 is 1.06 bits per heavy atom. The number of carbonyl (C=O) groups is 2. The maximum absolute atomic E-state index is 13.4. The van der Waals surface area contributed by atoms with Crippen molar-refractivity contribution in [1.82, 2.24) is 15.5 Å². The Morgan fingerprint density at radius 3 is 2.55 bits per heavy atom. The molecule has 1 saturated heterocycles. The van der Waals surface area contributed by atoms with Gasteiger partial charge in [0.1, 0.15) is 5.75 Å². The van der Waals surface area contributed by atoms with Crippen molar-refractivity contribution < 1.29 is 14.3 Å². The Labute approximate surface area is 194 Å². The lowest BCUT2D eigenvalue weighted by Crippen LogP contribution is -2.54. The highest BCUT2D eigenvalue weighted by Crippen LogP contribution is 2.53. The summed E-state index contributed by atoms with van der Waals surface area (Å²) in [7, 11) is 0. The molecule has 7 nitrogen and oxygen atoms in total. The topological polar surface area (TPSA) is 94.5 Å². The summed E-state index contributed by atoms with van der Waals surface area (Å²) in [6.45, 7) is 0.0297. The molecule has 1 unspecified atom stereocenters. The first kappa shape index (κ1) is 21.5. The Hall–Kier alpha value is -3.35. The van der Waals surface area contributed by atoms with Gasteiger partial charge in [-0.2, -0.15) is 0 Å². The van der Waals surface area contributed by atoms with Gasteiger partial charge in [-0.05, 0) is 61.4 Å². The lowest BCUT2D eigenvalue weighted by atomic mass is 9.80. The van der Waals surface area contributed by atoms with Crippen LogP contribution in [0.25, 0.3) is 0 Å². The lowest BCUT2D eigenvalue weighted by Gasteiger charge is -2.43. The van der Waals surface area contributed by atoms with Gasteiger partial charge in [-0.1, -0.05) is 49.6 Å². The molecule has 0 aromatic heterocycles. The second kappa shape index (κ2) is 8.89. The summed E-state index contributed by atoms with van der Waals surface area (Å²) in [5.74, 6) is 0.703. The minimum atomic E-state index is -0.855. The number of hydrogen-bond donors (Lipinski definition) is 3. The van der Waals surface area contributed by atoms with E-state index in [9.17, 15) is 9.59 Å². The van der Waals surface area contributed by atoms with Crippen LogP contribution in [-0.4, -0.2) is 35.4 Å². The third kappa shape index (κ3) is 3.96. The number of carbonyl (C=O) groups excluding carboxylic acids is 2. The van der Waals surface area contributed by atoms with E-state index in [1.807, 2.05) is 42.5 Å². The van der Waals surface area contributed by atoms with Crippen LogP contribution in [-0.2, 0) is 10.3 Å². The first-order valence-electron chi connectivity index (χ1n) is 11.9. The molecule has 0 spiro atoms. The molecule has 2 saturated carbocycles. The van der Waals surface area contributed by atoms with Gasteiger partial charge in [0.25, 0.3) is 11.8 Å². The van der Waals surface area contributed by atoms with Crippen molar-refractivity contribution in [3.8, 4) is 5.75 Å². The zero-order chi connectivity index (χ0) is 22.8. The average Bonchev–Trinajstić information content (AvgIpc) is 3.65. The molecule has 3 fully saturated rings. The second-order valence-corrected chi connectivity index (χ2v) is 9.19. The van der Waals surface area contributed by atoms with Gasteiger partial charge in [-0.3, -0.25) is 20.3 Å². The van der Waals surface area contributed by atoms with E-state index in [0.717, 1.165) is 44.1 Å². The molecule has 2 aliphatic carbocycles. The van der Waals surface area contributed by atoms with E-state index in [1.54, 1.807) is 12.1 Å². The minimum absolute atomic E-state index is 0.0297. The van der Waals surface area contributed by atoms with Crippen LogP contribution in [0.15, 0.2) is 54.6 Å². The van der Waals surface area contributed by atoms with Crippen LogP contribution in [0.5, 0.6) is 5.75 Å². The monoisotopic (exact) mass is 446 g/mol. The molecular formula is C26H30N4O3. The molecule has 2 aromatic carbocycles. The molecule has 1 heterocycles. The summed E-state index contributed by atoms with van der Waals surface area (Å²) in [5.41, 5.74) is 0.583. The molecule has 1 atom stereocenters. The zero-order valence-corrected chi connectivity index (χ0v) is 18.7. The van der Waals surface area contributed by atoms with E-state index < -0.39 is 5.54 Å². The highest BCUT2D eigenvalue weighted by atomic mass is 16.5. The zero-order valence-electron chi connectivity index (χ0n) is 18.7. The molecule has 172 valence electrons. The highest BCUT2D eigenvalue weighted by Gasteiger charge is 2.62. The van der Waals surface area contributed by atoms with Gasteiger partial charge in [-0.15, -0.1) is 0 Å². The Kier molecular flexibility index (Phi) is 5.79. The third-order valence-corrected chi connectivity index (χ3v) is 7.09. The fourth-order valence-corrected chi connectivity index (χ4v) is 5.45. The van der Waals surface area contributed by atoms with E-state index in [4.69, 9.17) is 10.1 Å². The predicted molar refractivity (Wildman–Crippen MR) is 125 cm³/mol. The standard InChI is InChI=1S/C26H30N4O3/c27-25-29-24(32)26(19-14-15-19,30(25)21-11-5-2-6-12-21)20-10-7-13-22(16-20)33-17-28-23(31)18-8-3-1-4-9-18/h1,3-4,7-10,13,16,19,21H,2,5-6,11-12,14-15,17H2,(H,28,31)(H2,27,29,32). The van der Waals surface area contributed by atoms with Crippen molar-refractivity contribution in [2.45, 2.75) is 56.5 Å². The van der Waals surface area contributed by atoms with Crippen LogP contribution in [0.2, 0.25) is 0 Å². The number of nitrogens with zero attached hydrogens (tertiary/aromatic N) is 1. The highest BCUT2D eigenvalue weighted by molar-refractivity contribution is 6.09. The predicted octanol–water partition coefficient (Wildman–Crippen LogP) is 3.76. The van der Waals surface area contributed by atoms with Crippen LogP contribution in [0.1, 0.15) is 60.9 Å². The van der Waals surface area contributed by atoms with Crippen molar-refractivity contribution in [3.05, 3.63) is 65.7 Å². The summed E-state index contributed by atoms with van der Waals surface area (Å²) < 4.78 is 5.85. The minimum Gasteiger partial charge on any atom is -0.473 e. The number of nitrogens with one attached hydrogen (secondary N) is 3. The number of ether oxygens (including phenoxy) is 1. The van der Waals surface area contributed by atoms with Crippen LogP contribution < -0.4 is 15.4 Å². The summed E-state index contributed by atoms with van der Waals surface area (Å²) >= 11 is 0. The number of rotatable bonds is 7. The van der Waals surface area contributed by atoms with Gasteiger partial charge in [0.15, 0.2) is 18.2 Å². The molecule has 33 heavy (non-hydrogen) atoms. The van der Waals surface area contributed by atoms with Gasteiger partial charge in [0.2, 0.25) is 0 Å². The van der Waals surface area contributed by atoms with Crippen molar-refractivity contribution in [3.63, 3.8) is 0 Å². The molecule has 3 aliphatic rings. The van der Waals surface area contributed by atoms with E-state index in [-0.39, 0.29) is 36.5 Å². The molecule has 3 N–H and O–H groups in total. The summed E-state index contributed by atoms with van der Waals surface area (Å²) in [6, 6.07) is 16.8. The summed E-state index contributed by atoms with van der Waals surface area (Å²) in [6.07, 6.45) is 7.44. The largest absolute Gasteiger partial charge is 0.473 e. The van der Waals surface area contributed by atoms with Gasteiger partial charge in [-0.25, -0.2) is 0 Å². The molecule has 0 radical (unpaired) electrons. The number of benzene rings is 2. The van der Waals surface area contributed by atoms with Gasteiger partial charge in [0.05, 0.1) is 0 Å². The van der Waals surface area contributed by atoms with E-state index >= 15 is 0 Å². The Morgan fingerprint density at radius 2 is 1.82 bits per heavy atom. The lowest BCUT2D eigenvalue weighted by molar-refractivity contribution is -0.129. The molecule has 0 bridgehead atoms. The molecule has 1 aliphatic heterocycles. The third-order valence-electron chi connectivity index (χ3n) is 7.09. The second-order valence-electron chi connectivity index (χ2n) is 9.19. The van der Waals surface area contributed by atoms with E-state index in [1.165, 1.54) is 6.42 Å². The quantitative estimate of drug-likeness (QED) is 0.565. The number of guanidine groups is 1. The van der Waals surface area contributed by atoms with Crippen LogP contribution in [0, 0.1) is 11.3 Å². The summed E-state index contributed by atoms with van der Waals surface area (Å²) in [4.78, 5) is 27.8. The number of hydrogen-bond acceptors (Lipinski definition) is 4. The molecule has 2 aromatic rings. The fourth-order valence-electron chi connectivity index (χ4n) is 5.45. The molecule has 5 rings (SSSR count). The van der Waals surface area contributed by atoms with Gasteiger partial charge < -0.3 is 15.0 Å². The summed E-state index contributed by atoms with van der Waals surface area (Å²) in [5, 5.41) is 14.2. The Bertz CT molecular complexity index is 1050. The molecule has 7 heteroatoms. The van der Waals surface area contributed by atoms with Gasteiger partial charge >= 0.3 is 0 Å². The fraction of sp³-hybridized carbons (Fsp3) is 0.423. The Balaban J connectivity index is 1.38. The maximum Gasteiger partial charge on any atom is 0.257 e. The van der Waals surface area contributed by atoms with Crippen molar-refractivity contribution in [2.24, 2.45) is 5.92 Å². The van der Waals surface area contributed by atoms with Crippen molar-refractivity contribution in [1.29, 1.82) is 5.41 Å². The van der Waals surface area contributed by atoms with Crippen LogP contribution >= 0.6 is 0 Å². The van der Waals surface area contributed by atoms with Gasteiger partial charge in [0, 0.05) is 11.6 Å². The van der Waals surface area contributed by atoms with Crippen LogP contribution in [0.4, 0.5) is 0 Å². The molecule has 2 amide bonds. The normalized spacial score (nSPS) is 23.3. The first-order valence-corrected chi connectivity index (χ1v) is 11.9. The first-order chi connectivity index (χ1) is 16.1. The number of amides is 2. The van der Waals surface area contributed by atoms with E-state index in [0.29, 0.717) is 11.3 Å². The SMILES string of the molecule is N=C1NC(=O)C(c2cccc(OCNC(=O)c3ccccc3)c2)(C2CC2)N1C1CCCCC1. The smallest absolute Gasteiger partial charge is 0.257 e. The van der Waals surface area contributed by atoms with Crippen LogP contribution in [0.3, 0.4) is 0 Å². The average molecular weight is 447 g/mol.